The minimum atomic E-state index is -3.57. The van der Waals surface area contributed by atoms with Gasteiger partial charge in [0, 0.05) is 31.8 Å². The van der Waals surface area contributed by atoms with E-state index in [0.717, 1.165) is 12.1 Å². The zero-order valence-electron chi connectivity index (χ0n) is 11.5. The Kier molecular flexibility index (Phi) is 4.52. The number of nitro groups is 1. The van der Waals surface area contributed by atoms with E-state index in [2.05, 4.69) is 0 Å². The fourth-order valence-corrected chi connectivity index (χ4v) is 4.18. The maximum Gasteiger partial charge on any atom is 0.269 e. The highest BCUT2D eigenvalue weighted by Gasteiger charge is 2.35. The summed E-state index contributed by atoms with van der Waals surface area (Å²) in [7, 11) is -7.14. The van der Waals surface area contributed by atoms with Crippen molar-refractivity contribution in [3.05, 3.63) is 34.4 Å². The Morgan fingerprint density at radius 1 is 1.18 bits per heavy atom. The number of nitro benzene ring substituents is 1. The van der Waals surface area contributed by atoms with E-state index in [4.69, 9.17) is 5.14 Å². The lowest BCUT2D eigenvalue weighted by atomic mass is 10.2. The van der Waals surface area contributed by atoms with Crippen LogP contribution in [0.15, 0.2) is 29.2 Å². The maximum absolute atomic E-state index is 12.1. The smallest absolute Gasteiger partial charge is 0.269 e. The molecule has 0 radical (unpaired) electrons. The van der Waals surface area contributed by atoms with Crippen LogP contribution in [0.2, 0.25) is 0 Å². The number of benzene rings is 1. The Balaban J connectivity index is 1.94. The molecule has 0 bridgehead atoms. The molecule has 0 aromatic heterocycles. The number of nitrogens with zero attached hydrogens (tertiary/aromatic N) is 2. The highest BCUT2D eigenvalue weighted by Crippen LogP contribution is 2.19. The number of nitrogens with two attached hydrogens (primary N) is 1. The summed E-state index contributed by atoms with van der Waals surface area (Å²) in [6.45, 7) is 0.620. The third kappa shape index (κ3) is 3.80. The van der Waals surface area contributed by atoms with E-state index in [1.807, 2.05) is 0 Å². The van der Waals surface area contributed by atoms with Crippen LogP contribution in [0.5, 0.6) is 0 Å². The molecule has 1 aromatic carbocycles. The van der Waals surface area contributed by atoms with Crippen LogP contribution in [0.3, 0.4) is 0 Å². The van der Waals surface area contributed by atoms with Gasteiger partial charge in [0.25, 0.3) is 5.69 Å². The van der Waals surface area contributed by atoms with Gasteiger partial charge in [-0.05, 0) is 12.1 Å². The molecule has 0 atom stereocenters. The SMILES string of the molecule is NS(=O)(=O)C1CN(CCS(=O)(=O)c2ccc([N+](=O)[O-])cc2)C1. The molecule has 9 nitrogen and oxygen atoms in total. The lowest BCUT2D eigenvalue weighted by molar-refractivity contribution is -0.384. The molecule has 1 aromatic rings. The van der Waals surface area contributed by atoms with Crippen molar-refractivity contribution in [2.45, 2.75) is 10.1 Å². The van der Waals surface area contributed by atoms with Crippen LogP contribution in [0, 0.1) is 10.1 Å². The van der Waals surface area contributed by atoms with Gasteiger partial charge < -0.3 is 0 Å². The van der Waals surface area contributed by atoms with Gasteiger partial charge in [-0.3, -0.25) is 15.0 Å². The molecule has 1 aliphatic rings. The Hall–Kier alpha value is -1.56. The molecule has 0 spiro atoms. The van der Waals surface area contributed by atoms with Crippen LogP contribution in [-0.4, -0.2) is 57.3 Å². The van der Waals surface area contributed by atoms with Crippen LogP contribution >= 0.6 is 0 Å². The van der Waals surface area contributed by atoms with Crippen molar-refractivity contribution >= 4 is 25.5 Å². The second-order valence-electron chi connectivity index (χ2n) is 5.04. The monoisotopic (exact) mass is 349 g/mol. The minimum Gasteiger partial charge on any atom is -0.300 e. The summed E-state index contributed by atoms with van der Waals surface area (Å²) in [6.07, 6.45) is 0. The number of hydrogen-bond donors (Lipinski definition) is 1. The van der Waals surface area contributed by atoms with Gasteiger partial charge >= 0.3 is 0 Å². The van der Waals surface area contributed by atoms with E-state index < -0.39 is 30.0 Å². The molecule has 0 amide bonds. The van der Waals surface area contributed by atoms with E-state index in [9.17, 15) is 26.9 Å². The first-order chi connectivity index (χ1) is 10.1. The van der Waals surface area contributed by atoms with E-state index in [0.29, 0.717) is 0 Å². The summed E-state index contributed by atoms with van der Waals surface area (Å²) >= 11 is 0. The van der Waals surface area contributed by atoms with Crippen LogP contribution in [0.1, 0.15) is 0 Å². The van der Waals surface area contributed by atoms with Gasteiger partial charge in [0.05, 0.1) is 15.6 Å². The predicted molar refractivity (Wildman–Crippen MR) is 78.5 cm³/mol. The number of hydrogen-bond acceptors (Lipinski definition) is 7. The van der Waals surface area contributed by atoms with Gasteiger partial charge in [-0.2, -0.15) is 0 Å². The van der Waals surface area contributed by atoms with Crippen LogP contribution < -0.4 is 5.14 Å². The molecule has 2 N–H and O–H groups in total. The topological polar surface area (TPSA) is 141 Å². The van der Waals surface area contributed by atoms with E-state index in [1.54, 1.807) is 4.90 Å². The lowest BCUT2D eigenvalue weighted by Gasteiger charge is -2.37. The Bertz CT molecular complexity index is 767. The summed E-state index contributed by atoms with van der Waals surface area (Å²) < 4.78 is 46.3. The molecule has 2 rings (SSSR count). The Labute approximate surface area is 127 Å². The Morgan fingerprint density at radius 3 is 2.18 bits per heavy atom. The quantitative estimate of drug-likeness (QED) is 0.531. The van der Waals surface area contributed by atoms with Crippen molar-refractivity contribution in [3.63, 3.8) is 0 Å². The Morgan fingerprint density at radius 2 is 1.73 bits per heavy atom. The molecule has 0 saturated carbocycles. The number of likely N-dealkylation sites (tertiary alicyclic amines) is 1. The first-order valence-corrected chi connectivity index (χ1v) is 9.57. The number of non-ortho nitro benzene ring substituents is 1. The largest absolute Gasteiger partial charge is 0.300 e. The van der Waals surface area contributed by atoms with Gasteiger partial charge in [-0.15, -0.1) is 0 Å². The summed E-state index contributed by atoms with van der Waals surface area (Å²) in [6, 6.07) is 4.65. The number of sulfone groups is 1. The third-order valence-corrected chi connectivity index (χ3v) is 6.41. The zero-order valence-corrected chi connectivity index (χ0v) is 13.1. The third-order valence-electron chi connectivity index (χ3n) is 3.47. The summed E-state index contributed by atoms with van der Waals surface area (Å²) in [5, 5.41) is 14.9. The second-order valence-corrected chi connectivity index (χ2v) is 8.99. The van der Waals surface area contributed by atoms with Gasteiger partial charge in [-0.25, -0.2) is 22.0 Å². The van der Waals surface area contributed by atoms with E-state index in [1.165, 1.54) is 12.1 Å². The highest BCUT2D eigenvalue weighted by molar-refractivity contribution is 7.91. The molecule has 1 saturated heterocycles. The zero-order chi connectivity index (χ0) is 16.5. The van der Waals surface area contributed by atoms with Crippen molar-refractivity contribution in [3.8, 4) is 0 Å². The van der Waals surface area contributed by atoms with Crippen molar-refractivity contribution in [1.29, 1.82) is 0 Å². The molecule has 0 aliphatic carbocycles. The number of rotatable bonds is 6. The molecule has 11 heteroatoms. The minimum absolute atomic E-state index is 0.00150. The van der Waals surface area contributed by atoms with Gasteiger partial charge in [0.1, 0.15) is 5.25 Å². The number of sulfonamides is 1. The molecule has 22 heavy (non-hydrogen) atoms. The maximum atomic E-state index is 12.1. The molecule has 122 valence electrons. The second kappa shape index (κ2) is 5.91. The van der Waals surface area contributed by atoms with Crippen molar-refractivity contribution in [2.75, 3.05) is 25.4 Å². The molecule has 0 unspecified atom stereocenters. The standard InChI is InChI=1S/C11H15N3O6S2/c12-22(19,20)11-7-13(8-11)5-6-21(17,18)10-3-1-9(2-4-10)14(15)16/h1-4,11H,5-8H2,(H2,12,19,20). The van der Waals surface area contributed by atoms with Crippen LogP contribution in [0.4, 0.5) is 5.69 Å². The molecule has 1 aliphatic heterocycles. The van der Waals surface area contributed by atoms with Gasteiger partial charge in [-0.1, -0.05) is 0 Å². The predicted octanol–water partition coefficient (Wildman–Crippen LogP) is -0.659. The fraction of sp³-hybridized carbons (Fsp3) is 0.455. The first kappa shape index (κ1) is 16.8. The van der Waals surface area contributed by atoms with Crippen molar-refractivity contribution in [2.24, 2.45) is 5.14 Å². The van der Waals surface area contributed by atoms with E-state index >= 15 is 0 Å². The molecule has 1 heterocycles. The van der Waals surface area contributed by atoms with E-state index in [-0.39, 0.29) is 36.0 Å². The van der Waals surface area contributed by atoms with Gasteiger partial charge in [0.15, 0.2) is 9.84 Å². The number of primary sulfonamides is 1. The summed E-state index contributed by atoms with van der Waals surface area (Å²) in [4.78, 5) is 11.6. The average Bonchev–Trinajstić information content (AvgIpc) is 2.35. The molecular formula is C11H15N3O6S2. The normalized spacial score (nSPS) is 17.1. The van der Waals surface area contributed by atoms with Crippen molar-refractivity contribution in [1.82, 2.24) is 4.90 Å². The van der Waals surface area contributed by atoms with Crippen molar-refractivity contribution < 1.29 is 21.8 Å². The lowest BCUT2D eigenvalue weighted by Crippen LogP contribution is -2.57. The van der Waals surface area contributed by atoms with Gasteiger partial charge in [0.2, 0.25) is 10.0 Å². The summed E-state index contributed by atoms with van der Waals surface area (Å²) in [5.74, 6) is -0.192. The van der Waals surface area contributed by atoms with Crippen LogP contribution in [0.25, 0.3) is 0 Å². The average molecular weight is 349 g/mol. The first-order valence-electron chi connectivity index (χ1n) is 6.31. The molecular weight excluding hydrogens is 334 g/mol. The molecule has 1 fully saturated rings. The highest BCUT2D eigenvalue weighted by atomic mass is 32.2. The fourth-order valence-electron chi connectivity index (χ4n) is 2.06. The van der Waals surface area contributed by atoms with Crippen LogP contribution in [-0.2, 0) is 19.9 Å². The summed E-state index contributed by atoms with van der Waals surface area (Å²) in [5.41, 5.74) is -0.183.